The molecule has 0 bridgehead atoms. The van der Waals surface area contributed by atoms with E-state index < -0.39 is 0 Å². The van der Waals surface area contributed by atoms with Crippen molar-refractivity contribution in [2.75, 3.05) is 27.4 Å². The number of methoxy groups -OCH3 is 2. The van der Waals surface area contributed by atoms with Crippen LogP contribution in [-0.4, -0.2) is 38.3 Å². The van der Waals surface area contributed by atoms with Gasteiger partial charge in [-0.3, -0.25) is 4.90 Å². The fourth-order valence-corrected chi connectivity index (χ4v) is 2.21. The predicted octanol–water partition coefficient (Wildman–Crippen LogP) is 2.40. The zero-order valence-corrected chi connectivity index (χ0v) is 13.2. The van der Waals surface area contributed by atoms with Gasteiger partial charge in [0.1, 0.15) is 5.75 Å². The first kappa shape index (κ1) is 17.0. The lowest BCUT2D eigenvalue weighted by molar-refractivity contribution is 0.118. The zero-order valence-electron chi connectivity index (χ0n) is 13.2. The van der Waals surface area contributed by atoms with Crippen LogP contribution in [0.15, 0.2) is 18.2 Å². The Bertz CT molecular complexity index is 396. The fraction of sp³-hybridized carbons (Fsp3) is 0.625. The molecule has 1 unspecified atom stereocenters. The molecular formula is C16H28N2O2. The standard InChI is InChI=1S/C16H28N2O2/c1-5-13(2)18(8-9-19-3)12-14-6-7-15(11-17)16(10-14)20-4/h6-7,10,13H,5,8-9,11-12,17H2,1-4H3. The molecule has 0 aliphatic rings. The number of hydrogen-bond donors (Lipinski definition) is 1. The number of nitrogens with two attached hydrogens (primary N) is 1. The summed E-state index contributed by atoms with van der Waals surface area (Å²) in [6, 6.07) is 6.81. The molecular weight excluding hydrogens is 252 g/mol. The van der Waals surface area contributed by atoms with Crippen LogP contribution in [0.5, 0.6) is 5.75 Å². The molecule has 2 N–H and O–H groups in total. The minimum Gasteiger partial charge on any atom is -0.496 e. The maximum atomic E-state index is 5.71. The second-order valence-corrected chi connectivity index (χ2v) is 5.07. The van der Waals surface area contributed by atoms with Gasteiger partial charge in [0.15, 0.2) is 0 Å². The molecule has 0 spiro atoms. The van der Waals surface area contributed by atoms with E-state index in [0.29, 0.717) is 12.6 Å². The van der Waals surface area contributed by atoms with Crippen molar-refractivity contribution in [3.8, 4) is 5.75 Å². The van der Waals surface area contributed by atoms with E-state index in [0.717, 1.165) is 37.4 Å². The smallest absolute Gasteiger partial charge is 0.123 e. The third-order valence-electron chi connectivity index (χ3n) is 3.75. The first-order chi connectivity index (χ1) is 9.65. The van der Waals surface area contributed by atoms with Gasteiger partial charge in [-0.05, 0) is 25.0 Å². The zero-order chi connectivity index (χ0) is 15.0. The predicted molar refractivity (Wildman–Crippen MR) is 82.9 cm³/mol. The van der Waals surface area contributed by atoms with Gasteiger partial charge in [-0.2, -0.15) is 0 Å². The largest absolute Gasteiger partial charge is 0.496 e. The van der Waals surface area contributed by atoms with Crippen LogP contribution in [0.1, 0.15) is 31.4 Å². The Balaban J connectivity index is 2.81. The van der Waals surface area contributed by atoms with E-state index in [-0.39, 0.29) is 0 Å². The Labute approximate surface area is 122 Å². The van der Waals surface area contributed by atoms with Crippen molar-refractivity contribution in [1.29, 1.82) is 0 Å². The van der Waals surface area contributed by atoms with Gasteiger partial charge in [-0.1, -0.05) is 19.1 Å². The van der Waals surface area contributed by atoms with Crippen LogP contribution in [0.25, 0.3) is 0 Å². The summed E-state index contributed by atoms with van der Waals surface area (Å²) in [6.45, 7) is 7.56. The van der Waals surface area contributed by atoms with Gasteiger partial charge in [0, 0.05) is 38.3 Å². The molecule has 0 heterocycles. The van der Waals surface area contributed by atoms with Crippen LogP contribution in [0.3, 0.4) is 0 Å². The van der Waals surface area contributed by atoms with Crippen LogP contribution in [0.4, 0.5) is 0 Å². The highest BCUT2D eigenvalue weighted by Crippen LogP contribution is 2.21. The lowest BCUT2D eigenvalue weighted by atomic mass is 10.1. The highest BCUT2D eigenvalue weighted by atomic mass is 16.5. The number of nitrogens with zero attached hydrogens (tertiary/aromatic N) is 1. The first-order valence-corrected chi connectivity index (χ1v) is 7.25. The Morgan fingerprint density at radius 2 is 2.05 bits per heavy atom. The van der Waals surface area contributed by atoms with Crippen molar-refractivity contribution in [2.24, 2.45) is 5.73 Å². The second-order valence-electron chi connectivity index (χ2n) is 5.07. The van der Waals surface area contributed by atoms with Crippen molar-refractivity contribution < 1.29 is 9.47 Å². The third kappa shape index (κ3) is 4.78. The van der Waals surface area contributed by atoms with E-state index in [1.807, 2.05) is 0 Å². The molecule has 0 amide bonds. The van der Waals surface area contributed by atoms with E-state index >= 15 is 0 Å². The van der Waals surface area contributed by atoms with Crippen molar-refractivity contribution >= 4 is 0 Å². The highest BCUT2D eigenvalue weighted by molar-refractivity contribution is 5.37. The summed E-state index contributed by atoms with van der Waals surface area (Å²) in [5.74, 6) is 0.876. The summed E-state index contributed by atoms with van der Waals surface area (Å²) >= 11 is 0. The molecule has 4 heteroatoms. The average molecular weight is 280 g/mol. The molecule has 20 heavy (non-hydrogen) atoms. The molecule has 0 aromatic heterocycles. The lowest BCUT2D eigenvalue weighted by Gasteiger charge is -2.28. The van der Waals surface area contributed by atoms with E-state index in [1.165, 1.54) is 5.56 Å². The van der Waals surface area contributed by atoms with Crippen LogP contribution < -0.4 is 10.5 Å². The van der Waals surface area contributed by atoms with Crippen LogP contribution in [0.2, 0.25) is 0 Å². The van der Waals surface area contributed by atoms with Crippen LogP contribution in [0, 0.1) is 0 Å². The van der Waals surface area contributed by atoms with E-state index in [2.05, 4.69) is 36.9 Å². The Kier molecular flexibility index (Phi) is 7.59. The van der Waals surface area contributed by atoms with Gasteiger partial charge in [0.2, 0.25) is 0 Å². The molecule has 114 valence electrons. The molecule has 1 rings (SSSR count). The number of benzene rings is 1. The maximum Gasteiger partial charge on any atom is 0.123 e. The topological polar surface area (TPSA) is 47.7 Å². The average Bonchev–Trinajstić information content (AvgIpc) is 2.50. The molecule has 0 saturated heterocycles. The maximum absolute atomic E-state index is 5.71. The molecule has 0 aliphatic heterocycles. The van der Waals surface area contributed by atoms with Gasteiger partial charge in [0.25, 0.3) is 0 Å². The summed E-state index contributed by atoms with van der Waals surface area (Å²) in [5, 5.41) is 0. The molecule has 0 radical (unpaired) electrons. The molecule has 0 fully saturated rings. The van der Waals surface area contributed by atoms with Crippen molar-refractivity contribution in [1.82, 2.24) is 4.90 Å². The van der Waals surface area contributed by atoms with Gasteiger partial charge >= 0.3 is 0 Å². The van der Waals surface area contributed by atoms with Gasteiger partial charge in [-0.25, -0.2) is 0 Å². The summed E-state index contributed by atoms with van der Waals surface area (Å²) < 4.78 is 10.6. The lowest BCUT2D eigenvalue weighted by Crippen LogP contribution is -2.34. The quantitative estimate of drug-likeness (QED) is 0.754. The monoisotopic (exact) mass is 280 g/mol. The van der Waals surface area contributed by atoms with E-state index in [1.54, 1.807) is 14.2 Å². The van der Waals surface area contributed by atoms with Crippen molar-refractivity contribution in [3.05, 3.63) is 29.3 Å². The summed E-state index contributed by atoms with van der Waals surface area (Å²) in [4.78, 5) is 2.43. The molecule has 4 nitrogen and oxygen atoms in total. The van der Waals surface area contributed by atoms with Crippen molar-refractivity contribution in [3.63, 3.8) is 0 Å². The molecule has 0 aliphatic carbocycles. The minimum absolute atomic E-state index is 0.502. The SMILES string of the molecule is CCC(C)N(CCOC)Cc1ccc(CN)c(OC)c1. The van der Waals surface area contributed by atoms with Gasteiger partial charge in [0.05, 0.1) is 13.7 Å². The molecule has 1 atom stereocenters. The summed E-state index contributed by atoms with van der Waals surface area (Å²) in [5.41, 5.74) is 8.00. The minimum atomic E-state index is 0.502. The number of ether oxygens (including phenoxy) is 2. The normalized spacial score (nSPS) is 12.7. The van der Waals surface area contributed by atoms with Crippen LogP contribution in [-0.2, 0) is 17.8 Å². The molecule has 1 aromatic rings. The van der Waals surface area contributed by atoms with Gasteiger partial charge < -0.3 is 15.2 Å². The third-order valence-corrected chi connectivity index (χ3v) is 3.75. The number of rotatable bonds is 9. The Hall–Kier alpha value is -1.10. The van der Waals surface area contributed by atoms with Gasteiger partial charge in [-0.15, -0.1) is 0 Å². The Morgan fingerprint density at radius 1 is 1.30 bits per heavy atom. The van der Waals surface area contributed by atoms with Crippen molar-refractivity contribution in [2.45, 2.75) is 39.4 Å². The fourth-order valence-electron chi connectivity index (χ4n) is 2.21. The van der Waals surface area contributed by atoms with Crippen LogP contribution >= 0.6 is 0 Å². The Morgan fingerprint density at radius 3 is 2.60 bits per heavy atom. The second kappa shape index (κ2) is 8.95. The molecule has 0 saturated carbocycles. The highest BCUT2D eigenvalue weighted by Gasteiger charge is 2.13. The van der Waals surface area contributed by atoms with E-state index in [4.69, 9.17) is 15.2 Å². The summed E-state index contributed by atoms with van der Waals surface area (Å²) in [7, 11) is 3.43. The van der Waals surface area contributed by atoms with E-state index in [9.17, 15) is 0 Å². The summed E-state index contributed by atoms with van der Waals surface area (Å²) in [6.07, 6.45) is 1.13. The molecule has 1 aromatic carbocycles. The first-order valence-electron chi connectivity index (χ1n) is 7.25. The number of hydrogen-bond acceptors (Lipinski definition) is 4.